The molecule has 6 heteroatoms. The fraction of sp³-hybridized carbons (Fsp3) is 0.591. The minimum absolute atomic E-state index is 0.00843. The summed E-state index contributed by atoms with van der Waals surface area (Å²) in [6.07, 6.45) is 3.32. The van der Waals surface area contributed by atoms with Gasteiger partial charge in [0.15, 0.2) is 0 Å². The highest BCUT2D eigenvalue weighted by atomic mass is 16.4. The zero-order valence-corrected chi connectivity index (χ0v) is 17.4. The van der Waals surface area contributed by atoms with E-state index >= 15 is 0 Å². The number of carbonyl (C=O) groups excluding carboxylic acids is 1. The minimum atomic E-state index is -0.0307. The Labute approximate surface area is 167 Å². The number of hydrogen-bond acceptors (Lipinski definition) is 5. The average molecular weight is 385 g/mol. The summed E-state index contributed by atoms with van der Waals surface area (Å²) >= 11 is 0. The number of amides is 1. The van der Waals surface area contributed by atoms with Gasteiger partial charge in [0, 0.05) is 37.5 Å². The van der Waals surface area contributed by atoms with Crippen LogP contribution in [0.3, 0.4) is 0 Å². The lowest BCUT2D eigenvalue weighted by Crippen LogP contribution is -2.32. The molecule has 0 unspecified atom stereocenters. The van der Waals surface area contributed by atoms with Gasteiger partial charge in [0.05, 0.1) is 6.04 Å². The maximum atomic E-state index is 12.3. The highest BCUT2D eigenvalue weighted by Crippen LogP contribution is 2.24. The molecular formula is C22H32N4O2. The van der Waals surface area contributed by atoms with Gasteiger partial charge >= 0.3 is 0 Å². The van der Waals surface area contributed by atoms with Crippen LogP contribution in [-0.4, -0.2) is 29.2 Å². The maximum absolute atomic E-state index is 12.3. The average Bonchev–Trinajstić information content (AvgIpc) is 3.16. The second kappa shape index (κ2) is 9.22. The van der Waals surface area contributed by atoms with Gasteiger partial charge in [-0.2, -0.15) is 0 Å². The number of hydrogen-bond donors (Lipinski definition) is 1. The summed E-state index contributed by atoms with van der Waals surface area (Å²) in [6.45, 7) is 10.6. The minimum Gasteiger partial charge on any atom is -0.425 e. The van der Waals surface area contributed by atoms with E-state index in [0.717, 1.165) is 24.6 Å². The van der Waals surface area contributed by atoms with E-state index in [1.807, 2.05) is 20.8 Å². The molecule has 1 aliphatic rings. The molecular weight excluding hydrogens is 352 g/mol. The molecule has 152 valence electrons. The molecule has 3 rings (SSSR count). The van der Waals surface area contributed by atoms with Crippen molar-refractivity contribution >= 4 is 11.6 Å². The van der Waals surface area contributed by atoms with Gasteiger partial charge in [0.25, 0.3) is 0 Å². The van der Waals surface area contributed by atoms with Crippen LogP contribution in [0.5, 0.6) is 0 Å². The predicted molar refractivity (Wildman–Crippen MR) is 110 cm³/mol. The number of nitrogens with zero attached hydrogens (tertiary/aromatic N) is 3. The van der Waals surface area contributed by atoms with Gasteiger partial charge in [0.2, 0.25) is 17.7 Å². The maximum Gasteiger partial charge on any atom is 0.220 e. The van der Waals surface area contributed by atoms with E-state index < -0.39 is 0 Å². The van der Waals surface area contributed by atoms with Crippen molar-refractivity contribution in [2.75, 3.05) is 18.0 Å². The van der Waals surface area contributed by atoms with E-state index in [2.05, 4.69) is 51.6 Å². The summed E-state index contributed by atoms with van der Waals surface area (Å²) in [5, 5.41) is 11.1. The topological polar surface area (TPSA) is 71.3 Å². The largest absolute Gasteiger partial charge is 0.425 e. The molecule has 1 aromatic carbocycles. The highest BCUT2D eigenvalue weighted by molar-refractivity contribution is 5.76. The third-order valence-electron chi connectivity index (χ3n) is 5.46. The van der Waals surface area contributed by atoms with Gasteiger partial charge < -0.3 is 14.6 Å². The van der Waals surface area contributed by atoms with Gasteiger partial charge in [-0.05, 0) is 43.4 Å². The first kappa shape index (κ1) is 20.4. The van der Waals surface area contributed by atoms with Crippen molar-refractivity contribution in [1.29, 1.82) is 0 Å². The van der Waals surface area contributed by atoms with Crippen LogP contribution in [0.1, 0.15) is 76.3 Å². The van der Waals surface area contributed by atoms with E-state index in [1.54, 1.807) is 0 Å². The van der Waals surface area contributed by atoms with Gasteiger partial charge in [-0.15, -0.1) is 10.2 Å². The van der Waals surface area contributed by atoms with Crippen molar-refractivity contribution in [2.45, 2.75) is 65.3 Å². The molecule has 1 aromatic heterocycles. The number of rotatable bonds is 7. The van der Waals surface area contributed by atoms with Crippen molar-refractivity contribution in [2.24, 2.45) is 5.92 Å². The smallest absolute Gasteiger partial charge is 0.220 e. The Balaban J connectivity index is 1.48. The lowest BCUT2D eigenvalue weighted by molar-refractivity contribution is -0.121. The molecule has 0 saturated carbocycles. The van der Waals surface area contributed by atoms with Crippen LogP contribution in [0.2, 0.25) is 0 Å². The molecule has 6 nitrogen and oxygen atoms in total. The summed E-state index contributed by atoms with van der Waals surface area (Å²) < 4.78 is 5.56. The Kier molecular flexibility index (Phi) is 6.70. The van der Waals surface area contributed by atoms with Gasteiger partial charge in [-0.3, -0.25) is 4.79 Å². The molecule has 1 amide bonds. The highest BCUT2D eigenvalue weighted by Gasteiger charge is 2.17. The zero-order chi connectivity index (χ0) is 20.1. The molecule has 1 aliphatic heterocycles. The third kappa shape index (κ3) is 5.33. The first-order valence-corrected chi connectivity index (χ1v) is 10.4. The first-order chi connectivity index (χ1) is 13.4. The second-order valence-corrected chi connectivity index (χ2v) is 8.24. The summed E-state index contributed by atoms with van der Waals surface area (Å²) in [7, 11) is 0. The van der Waals surface area contributed by atoms with E-state index in [0.29, 0.717) is 24.6 Å². The molecule has 2 heterocycles. The summed E-state index contributed by atoms with van der Waals surface area (Å²) in [5.74, 6) is 2.16. The van der Waals surface area contributed by atoms with Crippen molar-refractivity contribution in [1.82, 2.24) is 15.5 Å². The van der Waals surface area contributed by atoms with Gasteiger partial charge in [-0.1, -0.05) is 32.9 Å². The third-order valence-corrected chi connectivity index (χ3v) is 5.46. The van der Waals surface area contributed by atoms with E-state index in [4.69, 9.17) is 4.42 Å². The van der Waals surface area contributed by atoms with E-state index in [-0.39, 0.29) is 17.9 Å². The number of benzene rings is 1. The van der Waals surface area contributed by atoms with Gasteiger partial charge in [0.1, 0.15) is 0 Å². The molecule has 1 saturated heterocycles. The molecule has 28 heavy (non-hydrogen) atoms. The quantitative estimate of drug-likeness (QED) is 0.773. The summed E-state index contributed by atoms with van der Waals surface area (Å²) in [6, 6.07) is 8.53. The monoisotopic (exact) mass is 384 g/mol. The number of carbonyl (C=O) groups is 1. The molecule has 1 atom stereocenters. The number of piperidine rings is 1. The van der Waals surface area contributed by atoms with Gasteiger partial charge in [-0.25, -0.2) is 0 Å². The number of anilines is 1. The van der Waals surface area contributed by atoms with Crippen LogP contribution >= 0.6 is 0 Å². The molecule has 2 aromatic rings. The molecule has 0 radical (unpaired) electrons. The predicted octanol–water partition coefficient (Wildman–Crippen LogP) is 4.24. The first-order valence-electron chi connectivity index (χ1n) is 10.4. The molecule has 1 N–H and O–H groups in total. The Morgan fingerprint density at radius 2 is 1.86 bits per heavy atom. The molecule has 0 bridgehead atoms. The summed E-state index contributed by atoms with van der Waals surface area (Å²) in [4.78, 5) is 14.7. The standard InChI is InChI=1S/C22H32N4O2/c1-15(2)22-25-24-21(28-22)10-9-20(27)23-17(4)18-5-7-19(8-6-18)26-13-11-16(3)12-14-26/h5-8,15-17H,9-14H2,1-4H3,(H,23,27)/t17-/m1/s1. The van der Waals surface area contributed by atoms with Crippen molar-refractivity contribution in [3.05, 3.63) is 41.6 Å². The normalized spacial score (nSPS) is 16.4. The lowest BCUT2D eigenvalue weighted by atomic mass is 9.98. The van der Waals surface area contributed by atoms with Crippen molar-refractivity contribution < 1.29 is 9.21 Å². The molecule has 0 aliphatic carbocycles. The van der Waals surface area contributed by atoms with Crippen LogP contribution in [-0.2, 0) is 11.2 Å². The Bertz CT molecular complexity index is 761. The Morgan fingerprint density at radius 1 is 1.18 bits per heavy atom. The Morgan fingerprint density at radius 3 is 2.46 bits per heavy atom. The molecule has 1 fully saturated rings. The van der Waals surface area contributed by atoms with Crippen LogP contribution in [0, 0.1) is 5.92 Å². The van der Waals surface area contributed by atoms with Crippen molar-refractivity contribution in [3.8, 4) is 0 Å². The van der Waals surface area contributed by atoms with Crippen LogP contribution < -0.4 is 10.2 Å². The lowest BCUT2D eigenvalue weighted by Gasteiger charge is -2.32. The second-order valence-electron chi connectivity index (χ2n) is 8.24. The van der Waals surface area contributed by atoms with E-state index in [9.17, 15) is 4.79 Å². The van der Waals surface area contributed by atoms with Crippen LogP contribution in [0.25, 0.3) is 0 Å². The summed E-state index contributed by atoms with van der Waals surface area (Å²) in [5.41, 5.74) is 2.38. The van der Waals surface area contributed by atoms with Crippen LogP contribution in [0.4, 0.5) is 5.69 Å². The van der Waals surface area contributed by atoms with Crippen LogP contribution in [0.15, 0.2) is 28.7 Å². The number of aryl methyl sites for hydroxylation is 1. The zero-order valence-electron chi connectivity index (χ0n) is 17.4. The Hall–Kier alpha value is -2.37. The number of aromatic nitrogens is 2. The number of nitrogens with one attached hydrogen (secondary N) is 1. The molecule has 0 spiro atoms. The fourth-order valence-electron chi connectivity index (χ4n) is 3.46. The van der Waals surface area contributed by atoms with Crippen molar-refractivity contribution in [3.63, 3.8) is 0 Å². The van der Waals surface area contributed by atoms with E-state index in [1.165, 1.54) is 18.5 Å². The fourth-order valence-corrected chi connectivity index (χ4v) is 3.46. The SMILES string of the molecule is CC1CCN(c2ccc([C@@H](C)NC(=O)CCc3nnc(C(C)C)o3)cc2)CC1.